The molecule has 4 rings (SSSR count). The maximum absolute atomic E-state index is 13.8. The molecule has 12 nitrogen and oxygen atoms in total. The SMILES string of the molecule is C=CCN(c1ccc(NC(C)=O)cc1)S(=O)(=O)c1ccccc1N=Nc1c(N)ccc2cc(S(=O)(=O)O)cc(O)c12. The molecule has 0 aliphatic heterocycles. The van der Waals surface area contributed by atoms with Crippen LogP contribution in [0.25, 0.3) is 10.8 Å². The molecule has 0 bridgehead atoms. The van der Waals surface area contributed by atoms with E-state index in [-0.39, 0.29) is 45.2 Å². The molecule has 0 spiro atoms. The number of phenols is 1. The van der Waals surface area contributed by atoms with Crippen molar-refractivity contribution < 1.29 is 31.3 Å². The Hall–Kier alpha value is -4.79. The molecule has 0 aliphatic rings. The van der Waals surface area contributed by atoms with Gasteiger partial charge in [0.15, 0.2) is 0 Å². The zero-order valence-electron chi connectivity index (χ0n) is 21.6. The molecule has 0 atom stereocenters. The molecule has 4 aromatic carbocycles. The molecule has 0 saturated heterocycles. The van der Waals surface area contributed by atoms with Crippen LogP contribution in [0.1, 0.15) is 6.92 Å². The largest absolute Gasteiger partial charge is 0.507 e. The molecule has 0 aromatic heterocycles. The van der Waals surface area contributed by atoms with Gasteiger partial charge in [-0.25, -0.2) is 8.42 Å². The molecular weight excluding hydrogens is 570 g/mol. The smallest absolute Gasteiger partial charge is 0.294 e. The highest BCUT2D eigenvalue weighted by atomic mass is 32.2. The Morgan fingerprint density at radius 2 is 1.71 bits per heavy atom. The van der Waals surface area contributed by atoms with Gasteiger partial charge >= 0.3 is 0 Å². The summed E-state index contributed by atoms with van der Waals surface area (Å²) in [5.74, 6) is -0.802. The van der Waals surface area contributed by atoms with Crippen molar-refractivity contribution in [1.29, 1.82) is 0 Å². The summed E-state index contributed by atoms with van der Waals surface area (Å²) in [5, 5.41) is 21.7. The van der Waals surface area contributed by atoms with E-state index in [0.717, 1.165) is 16.4 Å². The number of nitrogens with one attached hydrogen (secondary N) is 1. The van der Waals surface area contributed by atoms with Crippen LogP contribution in [-0.4, -0.2) is 38.9 Å². The highest BCUT2D eigenvalue weighted by Crippen LogP contribution is 2.41. The Morgan fingerprint density at radius 3 is 2.34 bits per heavy atom. The normalized spacial score (nSPS) is 12.0. The molecule has 41 heavy (non-hydrogen) atoms. The van der Waals surface area contributed by atoms with Gasteiger partial charge in [0.2, 0.25) is 5.91 Å². The van der Waals surface area contributed by atoms with E-state index in [1.54, 1.807) is 18.2 Å². The number of fused-ring (bicyclic) bond motifs is 1. The number of rotatable bonds is 9. The maximum atomic E-state index is 13.8. The number of benzene rings is 4. The number of nitrogens with zero attached hydrogens (tertiary/aromatic N) is 3. The second-order valence-electron chi connectivity index (χ2n) is 8.74. The predicted molar refractivity (Wildman–Crippen MR) is 156 cm³/mol. The van der Waals surface area contributed by atoms with Gasteiger partial charge in [-0.2, -0.15) is 8.42 Å². The third kappa shape index (κ3) is 6.19. The maximum Gasteiger partial charge on any atom is 0.294 e. The summed E-state index contributed by atoms with van der Waals surface area (Å²) in [6.45, 7) is 4.94. The van der Waals surface area contributed by atoms with E-state index in [1.165, 1.54) is 55.5 Å². The van der Waals surface area contributed by atoms with Crippen molar-refractivity contribution >= 4 is 65.3 Å². The molecule has 14 heteroatoms. The Kier molecular flexibility index (Phi) is 8.10. The number of nitrogen functional groups attached to an aromatic ring is 1. The number of hydrogen-bond donors (Lipinski definition) is 4. The van der Waals surface area contributed by atoms with Crippen LogP contribution in [0.3, 0.4) is 0 Å². The topological polar surface area (TPSA) is 192 Å². The molecule has 0 radical (unpaired) electrons. The minimum atomic E-state index is -4.60. The molecule has 0 heterocycles. The average Bonchev–Trinajstić information content (AvgIpc) is 2.91. The molecular formula is C27H25N5O7S2. The zero-order chi connectivity index (χ0) is 29.9. The quantitative estimate of drug-likeness (QED) is 0.0885. The number of phenolic OH excluding ortho intramolecular Hbond substituents is 1. The minimum absolute atomic E-state index is 0.0365. The number of hydrogen-bond acceptors (Lipinski definition) is 9. The number of aromatic hydroxyl groups is 1. The van der Waals surface area contributed by atoms with Crippen LogP contribution < -0.4 is 15.4 Å². The Morgan fingerprint density at radius 1 is 1.02 bits per heavy atom. The van der Waals surface area contributed by atoms with Gasteiger partial charge in [-0.05, 0) is 53.9 Å². The molecule has 0 fully saturated rings. The first-order chi connectivity index (χ1) is 19.3. The van der Waals surface area contributed by atoms with Crippen LogP contribution in [0, 0.1) is 0 Å². The third-order valence-electron chi connectivity index (χ3n) is 5.83. The lowest BCUT2D eigenvalue weighted by atomic mass is 10.1. The lowest BCUT2D eigenvalue weighted by molar-refractivity contribution is -0.114. The summed E-state index contributed by atoms with van der Waals surface area (Å²) in [6.07, 6.45) is 1.42. The van der Waals surface area contributed by atoms with Crippen molar-refractivity contribution in [3.63, 3.8) is 0 Å². The number of carbonyl (C=O) groups is 1. The van der Waals surface area contributed by atoms with Crippen molar-refractivity contribution in [3.8, 4) is 5.75 Å². The van der Waals surface area contributed by atoms with Gasteiger partial charge in [0.25, 0.3) is 20.1 Å². The first-order valence-corrected chi connectivity index (χ1v) is 14.8. The predicted octanol–water partition coefficient (Wildman–Crippen LogP) is 5.13. The lowest BCUT2D eigenvalue weighted by Gasteiger charge is -2.24. The van der Waals surface area contributed by atoms with Crippen LogP contribution in [0.5, 0.6) is 5.75 Å². The summed E-state index contributed by atoms with van der Waals surface area (Å²) < 4.78 is 61.3. The molecule has 1 amide bonds. The first-order valence-electron chi connectivity index (χ1n) is 11.9. The van der Waals surface area contributed by atoms with E-state index >= 15 is 0 Å². The van der Waals surface area contributed by atoms with Crippen molar-refractivity contribution in [2.45, 2.75) is 16.7 Å². The molecule has 4 aromatic rings. The highest BCUT2D eigenvalue weighted by Gasteiger charge is 2.27. The van der Waals surface area contributed by atoms with E-state index in [9.17, 15) is 31.3 Å². The summed E-state index contributed by atoms with van der Waals surface area (Å²) in [4.78, 5) is 10.6. The van der Waals surface area contributed by atoms with Gasteiger partial charge in [-0.15, -0.1) is 16.8 Å². The van der Waals surface area contributed by atoms with Gasteiger partial charge in [-0.3, -0.25) is 13.7 Å². The third-order valence-corrected chi connectivity index (χ3v) is 8.51. The van der Waals surface area contributed by atoms with Crippen LogP contribution in [0.2, 0.25) is 0 Å². The fraction of sp³-hybridized carbons (Fsp3) is 0.0741. The van der Waals surface area contributed by atoms with E-state index in [4.69, 9.17) is 5.73 Å². The number of sulfonamides is 1. The fourth-order valence-corrected chi connectivity index (χ4v) is 6.12. The number of amides is 1. The standard InChI is InChI=1S/C27H25N5O7S2/c1-3-14-32(20-11-9-19(10-12-20)29-17(2)33)40(35,36)25-7-5-4-6-23(25)30-31-27-22(28)13-8-18-15-21(41(37,38)39)16-24(34)26(18)27/h3-13,15-16,34H,1,14,28H2,2H3,(H,29,33)(H,37,38,39). The lowest BCUT2D eigenvalue weighted by Crippen LogP contribution is -2.31. The number of anilines is 3. The Labute approximate surface area is 236 Å². The van der Waals surface area contributed by atoms with Crippen molar-refractivity contribution in [2.24, 2.45) is 10.2 Å². The van der Waals surface area contributed by atoms with Gasteiger partial charge in [-0.1, -0.05) is 24.3 Å². The highest BCUT2D eigenvalue weighted by molar-refractivity contribution is 7.93. The summed E-state index contributed by atoms with van der Waals surface area (Å²) in [5.41, 5.74) is 6.87. The van der Waals surface area contributed by atoms with E-state index in [2.05, 4.69) is 22.1 Å². The van der Waals surface area contributed by atoms with Crippen LogP contribution in [0.15, 0.2) is 105 Å². The summed E-state index contributed by atoms with van der Waals surface area (Å²) >= 11 is 0. The number of azo groups is 1. The summed E-state index contributed by atoms with van der Waals surface area (Å²) in [7, 11) is -8.83. The van der Waals surface area contributed by atoms with E-state index in [0.29, 0.717) is 11.4 Å². The van der Waals surface area contributed by atoms with E-state index < -0.39 is 30.8 Å². The van der Waals surface area contributed by atoms with Crippen LogP contribution >= 0.6 is 0 Å². The van der Waals surface area contributed by atoms with Crippen molar-refractivity contribution in [3.05, 3.63) is 85.5 Å². The Bertz CT molecular complexity index is 1910. The average molecular weight is 596 g/mol. The van der Waals surface area contributed by atoms with Gasteiger partial charge in [0.05, 0.1) is 28.2 Å². The molecule has 0 saturated carbocycles. The molecule has 0 aliphatic carbocycles. The molecule has 212 valence electrons. The molecule has 0 unspecified atom stereocenters. The fourth-order valence-electron chi connectivity index (χ4n) is 4.03. The van der Waals surface area contributed by atoms with Crippen LogP contribution in [0.4, 0.5) is 28.4 Å². The van der Waals surface area contributed by atoms with Crippen LogP contribution in [-0.2, 0) is 24.9 Å². The van der Waals surface area contributed by atoms with E-state index in [1.807, 2.05) is 0 Å². The second kappa shape index (κ2) is 11.4. The molecule has 5 N–H and O–H groups in total. The first kappa shape index (κ1) is 29.2. The zero-order valence-corrected chi connectivity index (χ0v) is 23.2. The number of nitrogens with two attached hydrogens (primary N) is 1. The minimum Gasteiger partial charge on any atom is -0.507 e. The number of carbonyl (C=O) groups excluding carboxylic acids is 1. The van der Waals surface area contributed by atoms with Gasteiger partial charge < -0.3 is 16.2 Å². The second-order valence-corrected chi connectivity index (χ2v) is 12.0. The van der Waals surface area contributed by atoms with Crippen molar-refractivity contribution in [2.75, 3.05) is 21.9 Å². The van der Waals surface area contributed by atoms with Gasteiger partial charge in [0.1, 0.15) is 22.0 Å². The Balaban J connectivity index is 1.79. The van der Waals surface area contributed by atoms with Crippen molar-refractivity contribution in [1.82, 2.24) is 0 Å². The van der Waals surface area contributed by atoms with Gasteiger partial charge in [0, 0.05) is 18.7 Å². The summed E-state index contributed by atoms with van der Waals surface area (Å²) in [6, 6.07) is 16.9. The monoisotopic (exact) mass is 595 g/mol.